The minimum atomic E-state index is -0.567. The van der Waals surface area contributed by atoms with Crippen molar-refractivity contribution >= 4 is 5.97 Å². The highest BCUT2D eigenvalue weighted by molar-refractivity contribution is 5.75. The monoisotopic (exact) mass is 198 g/mol. The van der Waals surface area contributed by atoms with Gasteiger partial charge in [0.2, 0.25) is 0 Å². The second kappa shape index (κ2) is 4.33. The minimum absolute atomic E-state index is 0.398. The number of rotatable bonds is 4. The molecule has 3 atom stereocenters. The number of aliphatic carboxylic acids is 1. The summed E-state index contributed by atoms with van der Waals surface area (Å²) in [5.41, 5.74) is -0.407. The van der Waals surface area contributed by atoms with Crippen molar-refractivity contribution in [2.45, 2.75) is 52.9 Å². The highest BCUT2D eigenvalue weighted by Crippen LogP contribution is 2.51. The zero-order chi connectivity index (χ0) is 10.8. The van der Waals surface area contributed by atoms with Gasteiger partial charge in [-0.05, 0) is 37.5 Å². The number of hydrogen-bond donors (Lipinski definition) is 1. The van der Waals surface area contributed by atoms with Gasteiger partial charge in [0.15, 0.2) is 0 Å². The molecule has 0 aromatic heterocycles. The lowest BCUT2D eigenvalue weighted by Crippen LogP contribution is -2.35. The summed E-state index contributed by atoms with van der Waals surface area (Å²) in [5, 5.41) is 9.38. The SMILES string of the molecule is CCCC1C(C)CCC1(CC)C(=O)O. The molecule has 0 spiro atoms. The van der Waals surface area contributed by atoms with Crippen LogP contribution in [-0.2, 0) is 4.79 Å². The van der Waals surface area contributed by atoms with E-state index < -0.39 is 11.4 Å². The van der Waals surface area contributed by atoms with E-state index in [-0.39, 0.29) is 0 Å². The molecule has 0 amide bonds. The van der Waals surface area contributed by atoms with Crippen molar-refractivity contribution in [3.8, 4) is 0 Å². The van der Waals surface area contributed by atoms with Crippen LogP contribution in [0, 0.1) is 17.3 Å². The molecule has 0 aromatic rings. The topological polar surface area (TPSA) is 37.3 Å². The maximum absolute atomic E-state index is 11.4. The molecule has 82 valence electrons. The number of carbonyl (C=O) groups is 1. The average Bonchev–Trinajstić information content (AvgIpc) is 2.46. The molecule has 0 aliphatic heterocycles. The number of carboxylic acid groups (broad SMARTS) is 1. The van der Waals surface area contributed by atoms with Gasteiger partial charge in [-0.2, -0.15) is 0 Å². The molecule has 1 N–H and O–H groups in total. The van der Waals surface area contributed by atoms with Crippen LogP contribution in [-0.4, -0.2) is 11.1 Å². The Hall–Kier alpha value is -0.530. The number of hydrogen-bond acceptors (Lipinski definition) is 1. The molecule has 1 aliphatic carbocycles. The first-order valence-electron chi connectivity index (χ1n) is 5.81. The quantitative estimate of drug-likeness (QED) is 0.752. The van der Waals surface area contributed by atoms with Gasteiger partial charge < -0.3 is 5.11 Å². The lowest BCUT2D eigenvalue weighted by atomic mass is 9.72. The van der Waals surface area contributed by atoms with Crippen molar-refractivity contribution < 1.29 is 9.90 Å². The van der Waals surface area contributed by atoms with Crippen LogP contribution < -0.4 is 0 Å². The fourth-order valence-corrected chi connectivity index (χ4v) is 3.14. The first kappa shape index (κ1) is 11.5. The van der Waals surface area contributed by atoms with Gasteiger partial charge in [0.1, 0.15) is 0 Å². The van der Waals surface area contributed by atoms with Gasteiger partial charge in [0, 0.05) is 0 Å². The summed E-state index contributed by atoms with van der Waals surface area (Å²) in [6.07, 6.45) is 4.93. The Morgan fingerprint density at radius 2 is 2.14 bits per heavy atom. The summed E-state index contributed by atoms with van der Waals surface area (Å²) >= 11 is 0. The molecular formula is C12H22O2. The van der Waals surface area contributed by atoms with Crippen molar-refractivity contribution in [3.05, 3.63) is 0 Å². The Bertz CT molecular complexity index is 212. The van der Waals surface area contributed by atoms with Crippen LogP contribution in [0.25, 0.3) is 0 Å². The molecule has 0 saturated heterocycles. The molecule has 2 heteroatoms. The molecule has 1 fully saturated rings. The summed E-state index contributed by atoms with van der Waals surface area (Å²) < 4.78 is 0. The molecular weight excluding hydrogens is 176 g/mol. The lowest BCUT2D eigenvalue weighted by molar-refractivity contribution is -0.152. The Morgan fingerprint density at radius 3 is 2.57 bits per heavy atom. The van der Waals surface area contributed by atoms with Crippen molar-refractivity contribution in [2.75, 3.05) is 0 Å². The predicted octanol–water partition coefficient (Wildman–Crippen LogP) is 3.31. The van der Waals surface area contributed by atoms with E-state index in [1.165, 1.54) is 0 Å². The van der Waals surface area contributed by atoms with Gasteiger partial charge in [-0.3, -0.25) is 4.79 Å². The van der Waals surface area contributed by atoms with E-state index in [4.69, 9.17) is 0 Å². The summed E-state index contributed by atoms with van der Waals surface area (Å²) in [5.74, 6) is 0.420. The van der Waals surface area contributed by atoms with Crippen molar-refractivity contribution in [3.63, 3.8) is 0 Å². The molecule has 0 radical (unpaired) electrons. The van der Waals surface area contributed by atoms with Gasteiger partial charge in [-0.1, -0.05) is 27.2 Å². The van der Waals surface area contributed by atoms with E-state index in [1.807, 2.05) is 6.92 Å². The maximum atomic E-state index is 11.4. The Balaban J connectivity index is 2.88. The van der Waals surface area contributed by atoms with Crippen LogP contribution in [0.2, 0.25) is 0 Å². The van der Waals surface area contributed by atoms with Gasteiger partial charge in [0.25, 0.3) is 0 Å². The lowest BCUT2D eigenvalue weighted by Gasteiger charge is -2.32. The third-order valence-corrected chi connectivity index (χ3v) is 4.10. The van der Waals surface area contributed by atoms with E-state index in [1.54, 1.807) is 0 Å². The first-order valence-corrected chi connectivity index (χ1v) is 5.81. The molecule has 0 aromatic carbocycles. The van der Waals surface area contributed by atoms with E-state index in [2.05, 4.69) is 13.8 Å². The Morgan fingerprint density at radius 1 is 1.50 bits per heavy atom. The van der Waals surface area contributed by atoms with Gasteiger partial charge in [-0.15, -0.1) is 0 Å². The standard InChI is InChI=1S/C12H22O2/c1-4-6-10-9(3)7-8-12(10,5-2)11(13)14/h9-10H,4-8H2,1-3H3,(H,13,14). The van der Waals surface area contributed by atoms with Crippen molar-refractivity contribution in [1.82, 2.24) is 0 Å². The van der Waals surface area contributed by atoms with Crippen molar-refractivity contribution in [2.24, 2.45) is 17.3 Å². The fourth-order valence-electron chi connectivity index (χ4n) is 3.14. The van der Waals surface area contributed by atoms with Crippen LogP contribution >= 0.6 is 0 Å². The number of carboxylic acids is 1. The van der Waals surface area contributed by atoms with Crippen molar-refractivity contribution in [1.29, 1.82) is 0 Å². The molecule has 0 heterocycles. The summed E-state index contributed by atoms with van der Waals surface area (Å²) in [4.78, 5) is 11.4. The molecule has 1 aliphatic rings. The third-order valence-electron chi connectivity index (χ3n) is 4.10. The smallest absolute Gasteiger partial charge is 0.309 e. The zero-order valence-corrected chi connectivity index (χ0v) is 9.55. The van der Waals surface area contributed by atoms with Crippen LogP contribution in [0.15, 0.2) is 0 Å². The van der Waals surface area contributed by atoms with Gasteiger partial charge in [-0.25, -0.2) is 0 Å². The highest BCUT2D eigenvalue weighted by Gasteiger charge is 2.50. The van der Waals surface area contributed by atoms with E-state index in [9.17, 15) is 9.90 Å². The maximum Gasteiger partial charge on any atom is 0.309 e. The largest absolute Gasteiger partial charge is 0.481 e. The third kappa shape index (κ3) is 1.67. The molecule has 1 rings (SSSR count). The molecule has 2 nitrogen and oxygen atoms in total. The van der Waals surface area contributed by atoms with E-state index in [0.29, 0.717) is 11.8 Å². The second-order valence-corrected chi connectivity index (χ2v) is 4.73. The van der Waals surface area contributed by atoms with Gasteiger partial charge in [0.05, 0.1) is 5.41 Å². The van der Waals surface area contributed by atoms with Crippen LogP contribution in [0.5, 0.6) is 0 Å². The molecule has 0 bridgehead atoms. The Labute approximate surface area is 86.7 Å². The van der Waals surface area contributed by atoms with E-state index in [0.717, 1.165) is 32.1 Å². The zero-order valence-electron chi connectivity index (χ0n) is 9.55. The molecule has 14 heavy (non-hydrogen) atoms. The van der Waals surface area contributed by atoms with Crippen LogP contribution in [0.4, 0.5) is 0 Å². The Kier molecular flexibility index (Phi) is 3.57. The van der Waals surface area contributed by atoms with Crippen LogP contribution in [0.1, 0.15) is 52.9 Å². The van der Waals surface area contributed by atoms with Gasteiger partial charge >= 0.3 is 5.97 Å². The van der Waals surface area contributed by atoms with E-state index >= 15 is 0 Å². The summed E-state index contributed by atoms with van der Waals surface area (Å²) in [6.45, 7) is 6.38. The second-order valence-electron chi connectivity index (χ2n) is 4.73. The minimum Gasteiger partial charge on any atom is -0.481 e. The normalized spacial score (nSPS) is 37.4. The summed E-state index contributed by atoms with van der Waals surface area (Å²) in [7, 11) is 0. The summed E-state index contributed by atoms with van der Waals surface area (Å²) in [6, 6.07) is 0. The predicted molar refractivity (Wildman–Crippen MR) is 57.2 cm³/mol. The average molecular weight is 198 g/mol. The molecule has 1 saturated carbocycles. The molecule has 3 unspecified atom stereocenters. The first-order chi connectivity index (χ1) is 6.58. The highest BCUT2D eigenvalue weighted by atomic mass is 16.4. The van der Waals surface area contributed by atoms with Crippen LogP contribution in [0.3, 0.4) is 0 Å². The fraction of sp³-hybridized carbons (Fsp3) is 0.917.